The van der Waals surface area contributed by atoms with E-state index in [0.29, 0.717) is 21.8 Å². The van der Waals surface area contributed by atoms with Crippen LogP contribution in [-0.4, -0.2) is 28.3 Å². The van der Waals surface area contributed by atoms with E-state index < -0.39 is 16.4 Å². The number of pyridine rings is 1. The smallest absolute Gasteiger partial charge is 0.315 e. The molecule has 0 unspecified atom stereocenters. The second kappa shape index (κ2) is 7.24. The van der Waals surface area contributed by atoms with Crippen molar-refractivity contribution in [2.45, 2.75) is 0 Å². The normalized spacial score (nSPS) is 11.0. The lowest BCUT2D eigenvalue weighted by Gasteiger charge is -2.06. The molecule has 0 saturated heterocycles. The van der Waals surface area contributed by atoms with Gasteiger partial charge in [-0.05, 0) is 30.3 Å². The number of hydrogen-bond acceptors (Lipinski definition) is 7. The molecule has 132 valence electrons. The highest BCUT2D eigenvalue weighted by Crippen LogP contribution is 2.36. The van der Waals surface area contributed by atoms with Gasteiger partial charge in [0, 0.05) is 28.2 Å². The number of rotatable bonds is 5. The molecule has 1 heterocycles. The minimum atomic E-state index is -0.692. The molecule has 0 bridgehead atoms. The topological polar surface area (TPSA) is 110 Å². The first kappa shape index (κ1) is 17.4. The highest BCUT2D eigenvalue weighted by molar-refractivity contribution is 6.31. The first-order chi connectivity index (χ1) is 12.5. The van der Waals surface area contributed by atoms with Gasteiger partial charge in [-0.25, -0.2) is 0 Å². The average molecular weight is 373 g/mol. The van der Waals surface area contributed by atoms with Crippen LogP contribution >= 0.6 is 11.6 Å². The van der Waals surface area contributed by atoms with Gasteiger partial charge < -0.3 is 9.84 Å². The Hall–Kier alpha value is -3.39. The van der Waals surface area contributed by atoms with Crippen molar-refractivity contribution in [1.29, 1.82) is 0 Å². The number of methoxy groups -OCH3 is 1. The summed E-state index contributed by atoms with van der Waals surface area (Å²) in [6.45, 7) is 0. The van der Waals surface area contributed by atoms with Crippen molar-refractivity contribution in [3.63, 3.8) is 0 Å². The molecule has 8 nitrogen and oxygen atoms in total. The predicted molar refractivity (Wildman–Crippen MR) is 99.3 cm³/mol. The highest BCUT2D eigenvalue weighted by Gasteiger charge is 2.19. The average Bonchev–Trinajstić information content (AvgIpc) is 2.62. The summed E-state index contributed by atoms with van der Waals surface area (Å²) in [6.07, 6.45) is 3.00. The summed E-state index contributed by atoms with van der Waals surface area (Å²) < 4.78 is 4.95. The number of benzene rings is 2. The molecule has 1 aromatic heterocycles. The number of aromatic nitrogens is 1. The Morgan fingerprint density at radius 2 is 2.15 bits per heavy atom. The first-order valence-electron chi connectivity index (χ1n) is 7.38. The third-order valence-electron chi connectivity index (χ3n) is 3.60. The quantitative estimate of drug-likeness (QED) is 0.398. The molecule has 3 aromatic rings. The maximum atomic E-state index is 11.0. The molecule has 0 radical (unpaired) electrons. The summed E-state index contributed by atoms with van der Waals surface area (Å²) in [5.41, 5.74) is 4.20. The van der Waals surface area contributed by atoms with E-state index >= 15 is 0 Å². The van der Waals surface area contributed by atoms with Crippen molar-refractivity contribution < 1.29 is 14.8 Å². The third-order valence-corrected chi connectivity index (χ3v) is 3.83. The fourth-order valence-corrected chi connectivity index (χ4v) is 2.54. The molecule has 9 heteroatoms. The van der Waals surface area contributed by atoms with Crippen LogP contribution in [0.3, 0.4) is 0 Å². The number of nitrogens with zero attached hydrogens (tertiary/aromatic N) is 3. The Kier molecular flexibility index (Phi) is 4.85. The number of anilines is 1. The van der Waals surface area contributed by atoms with Crippen molar-refractivity contribution in [1.82, 2.24) is 4.98 Å². The van der Waals surface area contributed by atoms with E-state index in [1.54, 1.807) is 24.4 Å². The first-order valence-corrected chi connectivity index (χ1v) is 7.76. The number of hydrogen-bond donors (Lipinski definition) is 2. The van der Waals surface area contributed by atoms with E-state index in [0.717, 1.165) is 5.39 Å². The molecule has 0 atom stereocenters. The van der Waals surface area contributed by atoms with Crippen LogP contribution in [0.4, 0.5) is 11.4 Å². The molecular weight excluding hydrogens is 360 g/mol. The second-order valence-electron chi connectivity index (χ2n) is 5.24. The van der Waals surface area contributed by atoms with Crippen LogP contribution < -0.4 is 10.2 Å². The fraction of sp³-hybridized carbons (Fsp3) is 0.0588. The van der Waals surface area contributed by atoms with Crippen LogP contribution in [0.15, 0.2) is 47.7 Å². The molecule has 0 spiro atoms. The maximum absolute atomic E-state index is 11.0. The van der Waals surface area contributed by atoms with Crippen LogP contribution in [0.5, 0.6) is 11.5 Å². The van der Waals surface area contributed by atoms with Crippen LogP contribution in [0.1, 0.15) is 5.56 Å². The van der Waals surface area contributed by atoms with Gasteiger partial charge in [0.1, 0.15) is 0 Å². The van der Waals surface area contributed by atoms with Gasteiger partial charge in [-0.2, -0.15) is 5.10 Å². The van der Waals surface area contributed by atoms with Crippen LogP contribution in [-0.2, 0) is 0 Å². The third kappa shape index (κ3) is 3.50. The van der Waals surface area contributed by atoms with Gasteiger partial charge in [-0.15, -0.1) is 0 Å². The number of phenolic OH excluding ortho intramolecular Hbond substituents is 1. The van der Waals surface area contributed by atoms with Gasteiger partial charge in [-0.3, -0.25) is 20.5 Å². The fourth-order valence-electron chi connectivity index (χ4n) is 2.38. The standard InChI is InChI=1S/C17H13ClN4O4/c1-26-16-7-10(6-15(17(16)23)22(24)25)9-20-21-13-4-5-19-14-8-11(18)2-3-12(13)14/h2-9,23H,1H3,(H,19,21)/b20-9-. The van der Waals surface area contributed by atoms with E-state index in [2.05, 4.69) is 15.5 Å². The molecule has 0 aliphatic carbocycles. The van der Waals surface area contributed by atoms with Gasteiger partial charge in [0.15, 0.2) is 5.75 Å². The second-order valence-corrected chi connectivity index (χ2v) is 5.67. The lowest BCUT2D eigenvalue weighted by molar-refractivity contribution is -0.386. The molecule has 0 aliphatic heterocycles. The maximum Gasteiger partial charge on any atom is 0.315 e. The van der Waals surface area contributed by atoms with Crippen molar-refractivity contribution in [3.05, 3.63) is 63.3 Å². The number of fused-ring (bicyclic) bond motifs is 1. The number of nitrogens with one attached hydrogen (secondary N) is 1. The van der Waals surface area contributed by atoms with E-state index in [4.69, 9.17) is 16.3 Å². The van der Waals surface area contributed by atoms with E-state index in [-0.39, 0.29) is 5.75 Å². The summed E-state index contributed by atoms with van der Waals surface area (Å²) in [6, 6.07) is 9.68. The zero-order valence-electron chi connectivity index (χ0n) is 13.5. The summed E-state index contributed by atoms with van der Waals surface area (Å²) in [4.78, 5) is 14.6. The SMILES string of the molecule is COc1cc(/C=N\Nc2ccnc3cc(Cl)ccc23)cc([N+](=O)[O-])c1O. The number of phenols is 1. The Balaban J connectivity index is 1.90. The van der Waals surface area contributed by atoms with Gasteiger partial charge in [0.25, 0.3) is 0 Å². The number of ether oxygens (including phenoxy) is 1. The highest BCUT2D eigenvalue weighted by atomic mass is 35.5. The number of halogens is 1. The summed E-state index contributed by atoms with van der Waals surface area (Å²) in [5, 5.41) is 26.3. The van der Waals surface area contributed by atoms with Gasteiger partial charge in [0.2, 0.25) is 5.75 Å². The van der Waals surface area contributed by atoms with E-state index in [1.165, 1.54) is 25.5 Å². The van der Waals surface area contributed by atoms with E-state index in [9.17, 15) is 15.2 Å². The molecule has 2 aromatic carbocycles. The molecule has 0 saturated carbocycles. The summed E-state index contributed by atoms with van der Waals surface area (Å²) in [5.74, 6) is -0.538. The Morgan fingerprint density at radius 3 is 2.88 bits per heavy atom. The van der Waals surface area contributed by atoms with Crippen molar-refractivity contribution in [3.8, 4) is 11.5 Å². The lowest BCUT2D eigenvalue weighted by atomic mass is 10.2. The number of hydrazone groups is 1. The number of nitro groups is 1. The zero-order valence-corrected chi connectivity index (χ0v) is 14.3. The zero-order chi connectivity index (χ0) is 18.7. The molecule has 3 rings (SSSR count). The Bertz CT molecular complexity index is 1020. The number of aromatic hydroxyl groups is 1. The van der Waals surface area contributed by atoms with Gasteiger partial charge in [0.05, 0.1) is 29.5 Å². The molecule has 26 heavy (non-hydrogen) atoms. The van der Waals surface area contributed by atoms with Crippen molar-refractivity contribution in [2.75, 3.05) is 12.5 Å². The minimum absolute atomic E-state index is 0.00958. The molecule has 0 aliphatic rings. The van der Waals surface area contributed by atoms with Gasteiger partial charge in [-0.1, -0.05) is 11.6 Å². The van der Waals surface area contributed by atoms with Crippen molar-refractivity contribution >= 4 is 40.1 Å². The molecule has 2 N–H and O–H groups in total. The van der Waals surface area contributed by atoms with Crippen LogP contribution in [0.25, 0.3) is 10.9 Å². The summed E-state index contributed by atoms with van der Waals surface area (Å²) in [7, 11) is 1.31. The van der Waals surface area contributed by atoms with Gasteiger partial charge >= 0.3 is 5.69 Å². The lowest BCUT2D eigenvalue weighted by Crippen LogP contribution is -1.96. The monoisotopic (exact) mass is 372 g/mol. The number of nitro benzene ring substituents is 1. The molecular formula is C17H13ClN4O4. The van der Waals surface area contributed by atoms with Crippen LogP contribution in [0.2, 0.25) is 5.02 Å². The molecule has 0 fully saturated rings. The summed E-state index contributed by atoms with van der Waals surface area (Å²) >= 11 is 5.96. The minimum Gasteiger partial charge on any atom is -0.500 e. The predicted octanol–water partition coefficient (Wildman–Crippen LogP) is 3.96. The van der Waals surface area contributed by atoms with Crippen molar-refractivity contribution in [2.24, 2.45) is 5.10 Å². The molecule has 0 amide bonds. The Labute approximate surface area is 152 Å². The van der Waals surface area contributed by atoms with E-state index in [1.807, 2.05) is 6.07 Å². The Morgan fingerprint density at radius 1 is 1.35 bits per heavy atom. The van der Waals surface area contributed by atoms with Crippen LogP contribution in [0, 0.1) is 10.1 Å². The largest absolute Gasteiger partial charge is 0.500 e.